The molecule has 0 bridgehead atoms. The Morgan fingerprint density at radius 3 is 2.55 bits per heavy atom. The van der Waals surface area contributed by atoms with Crippen molar-refractivity contribution in [3.05, 3.63) is 59.9 Å². The van der Waals surface area contributed by atoms with E-state index in [1.165, 1.54) is 18.1 Å². The van der Waals surface area contributed by atoms with E-state index in [1.54, 1.807) is 6.20 Å². The van der Waals surface area contributed by atoms with Gasteiger partial charge in [-0.25, -0.2) is 0 Å². The van der Waals surface area contributed by atoms with E-state index in [1.807, 2.05) is 24.4 Å². The van der Waals surface area contributed by atoms with E-state index in [9.17, 15) is 4.79 Å². The second kappa shape index (κ2) is 7.71. The van der Waals surface area contributed by atoms with Crippen LogP contribution in [0, 0.1) is 0 Å². The van der Waals surface area contributed by atoms with E-state index in [-0.39, 0.29) is 5.91 Å². The molecule has 1 amide bonds. The van der Waals surface area contributed by atoms with Gasteiger partial charge in [0, 0.05) is 37.6 Å². The number of hydrogen-bond acceptors (Lipinski definition) is 3. The van der Waals surface area contributed by atoms with Crippen LogP contribution >= 0.6 is 0 Å². The number of benzene rings is 1. The number of pyridine rings is 1. The summed E-state index contributed by atoms with van der Waals surface area (Å²) >= 11 is 0. The highest BCUT2D eigenvalue weighted by Crippen LogP contribution is 2.24. The van der Waals surface area contributed by atoms with Crippen LogP contribution in [0.5, 0.6) is 0 Å². The lowest BCUT2D eigenvalue weighted by atomic mass is 10.0. The van der Waals surface area contributed by atoms with Crippen LogP contribution < -0.4 is 5.32 Å². The van der Waals surface area contributed by atoms with Crippen molar-refractivity contribution in [2.24, 2.45) is 0 Å². The zero-order valence-corrected chi connectivity index (χ0v) is 13.4. The van der Waals surface area contributed by atoms with Crippen LogP contribution in [0.25, 0.3) is 0 Å². The van der Waals surface area contributed by atoms with Crippen LogP contribution in [-0.4, -0.2) is 22.8 Å². The molecule has 4 nitrogen and oxygen atoms in total. The first kappa shape index (κ1) is 16.2. The maximum Gasteiger partial charge on any atom is 0.221 e. The van der Waals surface area contributed by atoms with E-state index < -0.39 is 0 Å². The minimum atomic E-state index is -0.0486. The Morgan fingerprint density at radius 1 is 1.27 bits per heavy atom. The van der Waals surface area contributed by atoms with Gasteiger partial charge in [-0.15, -0.1) is 0 Å². The summed E-state index contributed by atoms with van der Waals surface area (Å²) in [5.74, 6) is -0.0486. The van der Waals surface area contributed by atoms with Gasteiger partial charge in [0.2, 0.25) is 5.91 Å². The van der Waals surface area contributed by atoms with Crippen LogP contribution in [0.2, 0.25) is 0 Å². The van der Waals surface area contributed by atoms with Crippen molar-refractivity contribution >= 4 is 11.6 Å². The third-order valence-corrected chi connectivity index (χ3v) is 3.69. The fraction of sp³-hybridized carbons (Fsp3) is 0.333. The number of amides is 1. The Balaban J connectivity index is 2.04. The van der Waals surface area contributed by atoms with Gasteiger partial charge >= 0.3 is 0 Å². The average molecular weight is 297 g/mol. The van der Waals surface area contributed by atoms with Crippen molar-refractivity contribution in [3.8, 4) is 0 Å². The van der Waals surface area contributed by atoms with Crippen molar-refractivity contribution in [3.63, 3.8) is 0 Å². The summed E-state index contributed by atoms with van der Waals surface area (Å²) in [7, 11) is 2.13. The van der Waals surface area contributed by atoms with Crippen molar-refractivity contribution in [2.75, 3.05) is 12.4 Å². The number of nitrogens with zero attached hydrogens (tertiary/aromatic N) is 2. The summed E-state index contributed by atoms with van der Waals surface area (Å²) < 4.78 is 0. The van der Waals surface area contributed by atoms with Gasteiger partial charge in [0.1, 0.15) is 0 Å². The second-order valence-corrected chi connectivity index (χ2v) is 5.50. The lowest BCUT2D eigenvalue weighted by Gasteiger charge is -2.27. The summed E-state index contributed by atoms with van der Waals surface area (Å²) in [4.78, 5) is 17.6. The van der Waals surface area contributed by atoms with Gasteiger partial charge in [0.05, 0.1) is 0 Å². The topological polar surface area (TPSA) is 45.2 Å². The van der Waals surface area contributed by atoms with Gasteiger partial charge in [0.25, 0.3) is 0 Å². The molecule has 0 saturated carbocycles. The number of anilines is 1. The van der Waals surface area contributed by atoms with E-state index in [0.717, 1.165) is 18.7 Å². The molecule has 0 radical (unpaired) electrons. The molecule has 116 valence electrons. The molecule has 0 aliphatic heterocycles. The van der Waals surface area contributed by atoms with Gasteiger partial charge in [0.15, 0.2) is 0 Å². The summed E-state index contributed by atoms with van der Waals surface area (Å²) in [6.07, 6.45) is 4.77. The molecule has 2 rings (SSSR count). The molecule has 2 aromatic rings. The van der Waals surface area contributed by atoms with Crippen LogP contribution in [0.4, 0.5) is 5.69 Å². The molecular weight excluding hydrogens is 274 g/mol. The number of carbonyl (C=O) groups is 1. The molecule has 1 aromatic carbocycles. The molecule has 0 spiro atoms. The van der Waals surface area contributed by atoms with E-state index >= 15 is 0 Å². The molecule has 0 aliphatic carbocycles. The zero-order valence-electron chi connectivity index (χ0n) is 13.4. The van der Waals surface area contributed by atoms with Gasteiger partial charge in [-0.1, -0.05) is 25.1 Å². The molecule has 22 heavy (non-hydrogen) atoms. The second-order valence-electron chi connectivity index (χ2n) is 5.50. The van der Waals surface area contributed by atoms with Crippen molar-refractivity contribution in [1.82, 2.24) is 9.88 Å². The van der Waals surface area contributed by atoms with E-state index in [4.69, 9.17) is 0 Å². The number of rotatable bonds is 6. The Kier molecular flexibility index (Phi) is 5.67. The maximum absolute atomic E-state index is 11.0. The Hall–Kier alpha value is -2.20. The first-order chi connectivity index (χ1) is 10.6. The summed E-state index contributed by atoms with van der Waals surface area (Å²) in [6.45, 7) is 4.56. The van der Waals surface area contributed by atoms with Crippen molar-refractivity contribution in [1.29, 1.82) is 0 Å². The smallest absolute Gasteiger partial charge is 0.221 e. The van der Waals surface area contributed by atoms with Crippen LogP contribution in [0.1, 0.15) is 37.4 Å². The first-order valence-corrected chi connectivity index (χ1v) is 7.57. The first-order valence-electron chi connectivity index (χ1n) is 7.57. The van der Waals surface area contributed by atoms with Gasteiger partial charge in [-0.3, -0.25) is 14.7 Å². The number of carbonyl (C=O) groups excluding carboxylic acids is 1. The largest absolute Gasteiger partial charge is 0.326 e. The van der Waals surface area contributed by atoms with Crippen molar-refractivity contribution in [2.45, 2.75) is 32.9 Å². The maximum atomic E-state index is 11.0. The van der Waals surface area contributed by atoms with E-state index in [2.05, 4.69) is 47.4 Å². The number of aromatic nitrogens is 1. The SMILES string of the molecule is CC[C@@H](c1cccnc1)N(C)Cc1ccc(NC(C)=O)cc1. The number of nitrogens with one attached hydrogen (secondary N) is 1. The predicted octanol–water partition coefficient (Wildman–Crippen LogP) is 3.62. The van der Waals surface area contributed by atoms with Crippen LogP contribution in [0.15, 0.2) is 48.8 Å². The monoisotopic (exact) mass is 297 g/mol. The van der Waals surface area contributed by atoms with Crippen molar-refractivity contribution < 1.29 is 4.79 Å². The molecule has 4 heteroatoms. The standard InChI is InChI=1S/C18H23N3O/c1-4-18(16-6-5-11-19-12-16)21(3)13-15-7-9-17(10-8-15)20-14(2)22/h5-12,18H,4,13H2,1-3H3,(H,20,22)/t18-/m0/s1. The van der Waals surface area contributed by atoms with E-state index in [0.29, 0.717) is 6.04 Å². The number of hydrogen-bond donors (Lipinski definition) is 1. The molecule has 0 saturated heterocycles. The third-order valence-electron chi connectivity index (χ3n) is 3.69. The lowest BCUT2D eigenvalue weighted by Crippen LogP contribution is -2.23. The van der Waals surface area contributed by atoms with Crippen LogP contribution in [-0.2, 0) is 11.3 Å². The average Bonchev–Trinajstić information content (AvgIpc) is 2.50. The Bertz CT molecular complexity index is 595. The summed E-state index contributed by atoms with van der Waals surface area (Å²) in [5, 5.41) is 2.78. The highest BCUT2D eigenvalue weighted by atomic mass is 16.1. The normalized spacial score (nSPS) is 12.2. The zero-order chi connectivity index (χ0) is 15.9. The fourth-order valence-electron chi connectivity index (χ4n) is 2.67. The Morgan fingerprint density at radius 2 is 2.00 bits per heavy atom. The third kappa shape index (κ3) is 4.40. The quantitative estimate of drug-likeness (QED) is 0.885. The summed E-state index contributed by atoms with van der Waals surface area (Å²) in [5.41, 5.74) is 3.29. The molecule has 1 heterocycles. The molecular formula is C18H23N3O. The van der Waals surface area contributed by atoms with Gasteiger partial charge in [-0.2, -0.15) is 0 Å². The van der Waals surface area contributed by atoms with Crippen LogP contribution in [0.3, 0.4) is 0 Å². The predicted molar refractivity (Wildman–Crippen MR) is 89.5 cm³/mol. The molecule has 1 N–H and O–H groups in total. The molecule has 1 aromatic heterocycles. The molecule has 0 aliphatic rings. The molecule has 0 fully saturated rings. The summed E-state index contributed by atoms with van der Waals surface area (Å²) in [6, 6.07) is 12.4. The molecule has 1 atom stereocenters. The molecule has 0 unspecified atom stereocenters. The highest BCUT2D eigenvalue weighted by Gasteiger charge is 2.15. The Labute approximate surface area is 132 Å². The minimum absolute atomic E-state index is 0.0486. The lowest BCUT2D eigenvalue weighted by molar-refractivity contribution is -0.114. The van der Waals surface area contributed by atoms with Gasteiger partial charge < -0.3 is 5.32 Å². The highest BCUT2D eigenvalue weighted by molar-refractivity contribution is 5.88. The fourth-order valence-corrected chi connectivity index (χ4v) is 2.67. The van der Waals surface area contributed by atoms with Gasteiger partial charge in [-0.05, 0) is 42.8 Å². The minimum Gasteiger partial charge on any atom is -0.326 e.